The predicted octanol–water partition coefficient (Wildman–Crippen LogP) is 1.30. The number of rotatable bonds is 3. The largest absolute Gasteiger partial charge is 0.296 e. The van der Waals surface area contributed by atoms with Crippen LogP contribution >= 0.6 is 0 Å². The Morgan fingerprint density at radius 1 is 1.31 bits per heavy atom. The molecule has 0 aromatic carbocycles. The summed E-state index contributed by atoms with van der Waals surface area (Å²) in [4.78, 5) is 10.7. The number of hydrogen-bond donors (Lipinski definition) is 0. The van der Waals surface area contributed by atoms with Crippen LogP contribution in [0.15, 0.2) is 0 Å². The molecule has 1 aromatic rings. The second-order valence-electron chi connectivity index (χ2n) is 3.93. The molecule has 4 heteroatoms. The van der Waals surface area contributed by atoms with Gasteiger partial charge in [0.15, 0.2) is 6.29 Å². The van der Waals surface area contributed by atoms with Gasteiger partial charge in [-0.25, -0.2) is 4.68 Å². The molecule has 0 spiro atoms. The monoisotopic (exact) mass is 177 g/mol. The Hall–Kier alpha value is -1.19. The first-order valence-electron chi connectivity index (χ1n) is 4.80. The van der Waals surface area contributed by atoms with Crippen LogP contribution in [0.4, 0.5) is 0 Å². The average Bonchev–Trinajstić information content (AvgIpc) is 3.03. The molecule has 2 aliphatic carbocycles. The van der Waals surface area contributed by atoms with Crippen molar-refractivity contribution in [2.24, 2.45) is 0 Å². The molecule has 1 aromatic heterocycles. The van der Waals surface area contributed by atoms with Crippen molar-refractivity contribution in [2.75, 3.05) is 0 Å². The quantitative estimate of drug-likeness (QED) is 0.654. The van der Waals surface area contributed by atoms with Crippen LogP contribution in [0.1, 0.15) is 53.8 Å². The number of carbonyl (C=O) groups excluding carboxylic acids is 1. The summed E-state index contributed by atoms with van der Waals surface area (Å²) in [7, 11) is 0. The van der Waals surface area contributed by atoms with Crippen molar-refractivity contribution >= 4 is 6.29 Å². The van der Waals surface area contributed by atoms with E-state index in [2.05, 4.69) is 10.3 Å². The highest BCUT2D eigenvalue weighted by atomic mass is 16.1. The first kappa shape index (κ1) is 7.24. The van der Waals surface area contributed by atoms with Gasteiger partial charge in [0.05, 0.1) is 11.7 Å². The second kappa shape index (κ2) is 2.40. The van der Waals surface area contributed by atoms with E-state index in [1.165, 1.54) is 25.7 Å². The van der Waals surface area contributed by atoms with Crippen molar-refractivity contribution < 1.29 is 4.79 Å². The van der Waals surface area contributed by atoms with E-state index in [0.717, 1.165) is 12.0 Å². The number of carbonyl (C=O) groups is 1. The maximum Gasteiger partial charge on any atom is 0.172 e. The van der Waals surface area contributed by atoms with Gasteiger partial charge in [0.1, 0.15) is 5.69 Å². The van der Waals surface area contributed by atoms with Crippen LogP contribution < -0.4 is 0 Å². The lowest BCUT2D eigenvalue weighted by atomic mass is 10.2. The highest BCUT2D eigenvalue weighted by Crippen LogP contribution is 2.45. The van der Waals surface area contributed by atoms with Gasteiger partial charge in [0.2, 0.25) is 0 Å². The first-order valence-corrected chi connectivity index (χ1v) is 4.80. The third-order valence-corrected chi connectivity index (χ3v) is 2.73. The molecule has 4 nitrogen and oxygen atoms in total. The molecule has 0 atom stereocenters. The number of nitrogens with zero attached hydrogens (tertiary/aromatic N) is 3. The Morgan fingerprint density at radius 3 is 2.62 bits per heavy atom. The van der Waals surface area contributed by atoms with E-state index in [4.69, 9.17) is 0 Å². The zero-order chi connectivity index (χ0) is 8.84. The van der Waals surface area contributed by atoms with Gasteiger partial charge in [-0.15, -0.1) is 5.10 Å². The number of aromatic nitrogens is 3. The Bertz CT molecular complexity index is 350. The highest BCUT2D eigenvalue weighted by molar-refractivity contribution is 5.73. The summed E-state index contributed by atoms with van der Waals surface area (Å²) in [5, 5.41) is 7.95. The van der Waals surface area contributed by atoms with Gasteiger partial charge in [0.25, 0.3) is 0 Å². The molecule has 2 fully saturated rings. The lowest BCUT2D eigenvalue weighted by Crippen LogP contribution is -2.02. The number of aldehydes is 1. The molecular weight excluding hydrogens is 166 g/mol. The van der Waals surface area contributed by atoms with E-state index in [-0.39, 0.29) is 0 Å². The third-order valence-electron chi connectivity index (χ3n) is 2.73. The Kier molecular flexibility index (Phi) is 1.34. The summed E-state index contributed by atoms with van der Waals surface area (Å²) in [6, 6.07) is 0.539. The zero-order valence-corrected chi connectivity index (χ0v) is 7.31. The van der Waals surface area contributed by atoms with Crippen molar-refractivity contribution in [3.63, 3.8) is 0 Å². The fourth-order valence-corrected chi connectivity index (χ4v) is 1.74. The maximum atomic E-state index is 10.7. The summed E-state index contributed by atoms with van der Waals surface area (Å²) in [6.07, 6.45) is 5.62. The first-order chi connectivity index (χ1) is 6.40. The highest BCUT2D eigenvalue weighted by Gasteiger charge is 2.36. The zero-order valence-electron chi connectivity index (χ0n) is 7.31. The van der Waals surface area contributed by atoms with Gasteiger partial charge in [-0.05, 0) is 25.7 Å². The molecule has 2 aliphatic rings. The van der Waals surface area contributed by atoms with Gasteiger partial charge in [-0.1, -0.05) is 5.21 Å². The molecule has 13 heavy (non-hydrogen) atoms. The van der Waals surface area contributed by atoms with Crippen LogP contribution in [0.5, 0.6) is 0 Å². The summed E-state index contributed by atoms with van der Waals surface area (Å²) >= 11 is 0. The summed E-state index contributed by atoms with van der Waals surface area (Å²) in [5.41, 5.74) is 1.66. The molecule has 0 N–H and O–H groups in total. The SMILES string of the molecule is O=Cc1nnn(C2CC2)c1C1CC1. The summed E-state index contributed by atoms with van der Waals surface area (Å²) in [5.74, 6) is 0.566. The van der Waals surface area contributed by atoms with E-state index in [1.54, 1.807) is 0 Å². The molecule has 0 aliphatic heterocycles. The fraction of sp³-hybridized carbons (Fsp3) is 0.667. The minimum atomic E-state index is 0.539. The fourth-order valence-electron chi connectivity index (χ4n) is 1.74. The molecule has 0 radical (unpaired) electrons. The van der Waals surface area contributed by atoms with E-state index >= 15 is 0 Å². The molecule has 1 heterocycles. The molecule has 2 saturated carbocycles. The minimum absolute atomic E-state index is 0.539. The minimum Gasteiger partial charge on any atom is -0.296 e. The van der Waals surface area contributed by atoms with Crippen LogP contribution in [0.25, 0.3) is 0 Å². The topological polar surface area (TPSA) is 47.8 Å². The molecule has 0 amide bonds. The van der Waals surface area contributed by atoms with Gasteiger partial charge < -0.3 is 0 Å². The van der Waals surface area contributed by atoms with Gasteiger partial charge in [-0.3, -0.25) is 4.79 Å². The van der Waals surface area contributed by atoms with Crippen LogP contribution in [0.3, 0.4) is 0 Å². The lowest BCUT2D eigenvalue weighted by molar-refractivity contribution is 0.111. The molecular formula is C9H11N3O. The number of hydrogen-bond acceptors (Lipinski definition) is 3. The van der Waals surface area contributed by atoms with Crippen LogP contribution in [0.2, 0.25) is 0 Å². The lowest BCUT2D eigenvalue weighted by Gasteiger charge is -2.01. The Labute approximate surface area is 75.9 Å². The van der Waals surface area contributed by atoms with Crippen molar-refractivity contribution in [3.05, 3.63) is 11.4 Å². The predicted molar refractivity (Wildman–Crippen MR) is 45.7 cm³/mol. The van der Waals surface area contributed by atoms with Gasteiger partial charge >= 0.3 is 0 Å². The third kappa shape index (κ3) is 1.08. The molecule has 68 valence electrons. The van der Waals surface area contributed by atoms with Crippen molar-refractivity contribution in [1.29, 1.82) is 0 Å². The van der Waals surface area contributed by atoms with Crippen LogP contribution in [-0.4, -0.2) is 21.3 Å². The second-order valence-corrected chi connectivity index (χ2v) is 3.93. The molecule has 0 unspecified atom stereocenters. The van der Waals surface area contributed by atoms with Crippen molar-refractivity contribution in [3.8, 4) is 0 Å². The smallest absolute Gasteiger partial charge is 0.172 e. The van der Waals surface area contributed by atoms with Crippen molar-refractivity contribution in [2.45, 2.75) is 37.6 Å². The van der Waals surface area contributed by atoms with Crippen LogP contribution in [0, 0.1) is 0 Å². The molecule has 0 bridgehead atoms. The standard InChI is InChI=1S/C9H11N3O/c13-5-8-9(6-1-2-6)12(11-10-8)7-3-4-7/h5-7H,1-4H2. The van der Waals surface area contributed by atoms with Crippen molar-refractivity contribution in [1.82, 2.24) is 15.0 Å². The Balaban J connectivity index is 2.06. The van der Waals surface area contributed by atoms with Crippen LogP contribution in [-0.2, 0) is 0 Å². The van der Waals surface area contributed by atoms with Gasteiger partial charge in [-0.2, -0.15) is 0 Å². The normalized spacial score (nSPS) is 21.8. The van der Waals surface area contributed by atoms with E-state index in [0.29, 0.717) is 17.7 Å². The van der Waals surface area contributed by atoms with E-state index in [9.17, 15) is 4.79 Å². The average molecular weight is 177 g/mol. The summed E-state index contributed by atoms with van der Waals surface area (Å²) < 4.78 is 1.97. The van der Waals surface area contributed by atoms with E-state index < -0.39 is 0 Å². The van der Waals surface area contributed by atoms with Gasteiger partial charge in [0, 0.05) is 5.92 Å². The summed E-state index contributed by atoms with van der Waals surface area (Å²) in [6.45, 7) is 0. The molecule has 0 saturated heterocycles. The molecule has 3 rings (SSSR count). The Morgan fingerprint density at radius 2 is 2.08 bits per heavy atom. The maximum absolute atomic E-state index is 10.7. The van der Waals surface area contributed by atoms with E-state index in [1.807, 2.05) is 4.68 Å².